The van der Waals surface area contributed by atoms with E-state index in [9.17, 15) is 5.21 Å². The maximum Gasteiger partial charge on any atom is 0.153 e. The lowest BCUT2D eigenvalue weighted by Gasteiger charge is -2.06. The molecule has 0 aliphatic carbocycles. The lowest BCUT2D eigenvalue weighted by Crippen LogP contribution is -2.70. The number of rotatable bonds is 3. The van der Waals surface area contributed by atoms with Crippen molar-refractivity contribution in [3.8, 4) is 11.1 Å². The van der Waals surface area contributed by atoms with Crippen molar-refractivity contribution in [2.45, 2.75) is 13.5 Å². The molecule has 0 saturated carbocycles. The van der Waals surface area contributed by atoms with Gasteiger partial charge in [-0.05, 0) is 18.6 Å². The van der Waals surface area contributed by atoms with Gasteiger partial charge in [0.05, 0.1) is 11.9 Å². The number of quaternary nitrogens is 1. The van der Waals surface area contributed by atoms with Crippen LogP contribution in [0, 0.1) is 5.21 Å². The lowest BCUT2D eigenvalue weighted by molar-refractivity contribution is -0.496. The van der Waals surface area contributed by atoms with E-state index in [1.54, 1.807) is 18.3 Å². The highest BCUT2D eigenvalue weighted by Crippen LogP contribution is 2.24. The Morgan fingerprint density at radius 1 is 1.41 bits per heavy atom. The molecule has 0 aliphatic heterocycles. The van der Waals surface area contributed by atoms with Crippen LogP contribution >= 0.6 is 0 Å². The van der Waals surface area contributed by atoms with Crippen LogP contribution < -0.4 is 11.2 Å². The molecule has 0 saturated heterocycles. The maximum absolute atomic E-state index is 10.8. The topological polar surface area (TPSA) is 115 Å². The zero-order chi connectivity index (χ0) is 11.5. The minimum Gasteiger partial charge on any atom is -0.630 e. The van der Waals surface area contributed by atoms with Crippen molar-refractivity contribution in [2.24, 2.45) is 0 Å². The van der Waals surface area contributed by atoms with Gasteiger partial charge >= 0.3 is 0 Å². The summed E-state index contributed by atoms with van der Waals surface area (Å²) in [6, 6.07) is 5.40. The van der Waals surface area contributed by atoms with Crippen molar-refractivity contribution >= 4 is 11.4 Å². The Morgan fingerprint density at radius 3 is 2.76 bits per heavy atom. The van der Waals surface area contributed by atoms with Crippen molar-refractivity contribution in [3.63, 3.8) is 0 Å². The summed E-state index contributed by atoms with van der Waals surface area (Å²) in [5.74, 6) is 0. The fraction of sp³-hybridized carbons (Fsp3) is 0.182. The maximum atomic E-state index is 10.8. The van der Waals surface area contributed by atoms with Gasteiger partial charge in [-0.15, -0.1) is 0 Å². The molecular formula is C11H16N4O2. The van der Waals surface area contributed by atoms with Gasteiger partial charge in [-0.1, -0.05) is 6.07 Å². The van der Waals surface area contributed by atoms with Gasteiger partial charge in [0.1, 0.15) is 0 Å². The molecule has 1 aromatic carbocycles. The highest BCUT2D eigenvalue weighted by Gasteiger charge is 2.05. The summed E-state index contributed by atoms with van der Waals surface area (Å²) in [7, 11) is 0. The molecule has 6 nitrogen and oxygen atoms in total. The number of anilines is 1. The van der Waals surface area contributed by atoms with Crippen LogP contribution in [0.25, 0.3) is 11.1 Å². The smallest absolute Gasteiger partial charge is 0.153 e. The number of nitrogen functional groups attached to an aromatic ring is 1. The number of benzene rings is 1. The summed E-state index contributed by atoms with van der Waals surface area (Å²) in [6.07, 6.45) is 3.73. The molecule has 0 atom stereocenters. The van der Waals surface area contributed by atoms with Gasteiger partial charge in [0.2, 0.25) is 0 Å². The predicted octanol–water partition coefficient (Wildman–Crippen LogP) is 0.0202. The van der Waals surface area contributed by atoms with E-state index in [1.807, 2.05) is 23.9 Å². The van der Waals surface area contributed by atoms with E-state index in [1.165, 1.54) is 0 Å². The molecular weight excluding hydrogens is 220 g/mol. The highest BCUT2D eigenvalue weighted by molar-refractivity contribution is 5.71. The van der Waals surface area contributed by atoms with Crippen molar-refractivity contribution in [1.29, 1.82) is 0 Å². The van der Waals surface area contributed by atoms with E-state index in [-0.39, 0.29) is 5.48 Å². The number of nitrogens with zero attached hydrogens (tertiary/aromatic N) is 2. The molecule has 2 rings (SSSR count). The molecule has 0 fully saturated rings. The Bertz CT molecular complexity index is 496. The number of aryl methyl sites for hydroxylation is 1. The summed E-state index contributed by atoms with van der Waals surface area (Å²) < 4.78 is 1.84. The van der Waals surface area contributed by atoms with Crippen LogP contribution in [-0.2, 0) is 6.54 Å². The molecule has 6 N–H and O–H groups in total. The molecule has 1 aromatic heterocycles. The Kier molecular flexibility index (Phi) is 4.22. The van der Waals surface area contributed by atoms with E-state index < -0.39 is 0 Å². The lowest BCUT2D eigenvalue weighted by atomic mass is 10.1. The zero-order valence-corrected chi connectivity index (χ0v) is 9.55. The second kappa shape index (κ2) is 5.44. The molecule has 6 heteroatoms. The van der Waals surface area contributed by atoms with Crippen LogP contribution in [0.1, 0.15) is 6.92 Å². The van der Waals surface area contributed by atoms with Crippen LogP contribution in [0.5, 0.6) is 0 Å². The molecule has 0 unspecified atom stereocenters. The molecule has 0 spiro atoms. The first-order valence-corrected chi connectivity index (χ1v) is 5.12. The summed E-state index contributed by atoms with van der Waals surface area (Å²) in [5.41, 5.74) is 9.39. The van der Waals surface area contributed by atoms with Crippen LogP contribution in [0.15, 0.2) is 30.6 Å². The summed E-state index contributed by atoms with van der Waals surface area (Å²) in [4.78, 5) is 0. The Hall–Kier alpha value is -1.89. The van der Waals surface area contributed by atoms with E-state index >= 15 is 0 Å². The van der Waals surface area contributed by atoms with Gasteiger partial charge in [0, 0.05) is 24.4 Å². The predicted molar refractivity (Wildman–Crippen MR) is 66.3 cm³/mol. The first-order valence-electron chi connectivity index (χ1n) is 5.12. The standard InChI is InChI=1S/C11H14N4O.H2O/c1-2-15-7-9(6-13-15)8-3-4-10(12)11(5-8)14-16;/h3-7H,2,12,14H2,1H3;1H2. The number of nitrogens with two attached hydrogens (primary N) is 2. The van der Waals surface area contributed by atoms with Crippen LogP contribution in [0.3, 0.4) is 0 Å². The van der Waals surface area contributed by atoms with Crippen LogP contribution in [0.2, 0.25) is 0 Å². The van der Waals surface area contributed by atoms with E-state index in [0.29, 0.717) is 11.4 Å². The van der Waals surface area contributed by atoms with Gasteiger partial charge in [-0.3, -0.25) is 4.68 Å². The SMILES string of the molecule is CCn1cc(-c2ccc(N)c([NH2+][O-])c2)cn1.O. The van der Waals surface area contributed by atoms with E-state index in [0.717, 1.165) is 23.2 Å². The molecule has 17 heavy (non-hydrogen) atoms. The van der Waals surface area contributed by atoms with Crippen molar-refractivity contribution in [3.05, 3.63) is 35.8 Å². The van der Waals surface area contributed by atoms with Crippen molar-refractivity contribution in [2.75, 3.05) is 5.73 Å². The average molecular weight is 236 g/mol. The van der Waals surface area contributed by atoms with Crippen molar-refractivity contribution < 1.29 is 11.0 Å². The van der Waals surface area contributed by atoms with Crippen molar-refractivity contribution in [1.82, 2.24) is 9.78 Å². The molecule has 0 amide bonds. The Morgan fingerprint density at radius 2 is 2.18 bits per heavy atom. The number of hydrogen-bond donors (Lipinski definition) is 2. The first kappa shape index (κ1) is 13.2. The number of aromatic nitrogens is 2. The molecule has 92 valence electrons. The van der Waals surface area contributed by atoms with Gasteiger partial charge in [0.15, 0.2) is 5.69 Å². The minimum absolute atomic E-state index is 0. The highest BCUT2D eigenvalue weighted by atomic mass is 16.5. The van der Waals surface area contributed by atoms with E-state index in [4.69, 9.17) is 5.73 Å². The first-order chi connectivity index (χ1) is 7.74. The van der Waals surface area contributed by atoms with E-state index in [2.05, 4.69) is 5.10 Å². The third kappa shape index (κ3) is 2.62. The van der Waals surface area contributed by atoms with Crippen LogP contribution in [0.4, 0.5) is 11.4 Å². The molecule has 1 heterocycles. The minimum atomic E-state index is 0. The fourth-order valence-electron chi connectivity index (χ4n) is 1.54. The van der Waals surface area contributed by atoms with Crippen LogP contribution in [-0.4, -0.2) is 15.3 Å². The fourth-order valence-corrected chi connectivity index (χ4v) is 1.54. The molecule has 0 bridgehead atoms. The third-order valence-corrected chi connectivity index (χ3v) is 2.50. The van der Waals surface area contributed by atoms with Gasteiger partial charge in [-0.25, -0.2) is 0 Å². The summed E-state index contributed by atoms with van der Waals surface area (Å²) >= 11 is 0. The summed E-state index contributed by atoms with van der Waals surface area (Å²) in [6.45, 7) is 2.85. The Labute approximate surface area is 98.9 Å². The molecule has 0 radical (unpaired) electrons. The number of hydrogen-bond acceptors (Lipinski definition) is 3. The second-order valence-corrected chi connectivity index (χ2v) is 3.55. The largest absolute Gasteiger partial charge is 0.630 e. The second-order valence-electron chi connectivity index (χ2n) is 3.55. The molecule has 2 aromatic rings. The molecule has 0 aliphatic rings. The quantitative estimate of drug-likeness (QED) is 0.578. The monoisotopic (exact) mass is 236 g/mol. The Balaban J connectivity index is 0.00000144. The normalized spacial score (nSPS) is 10.0. The third-order valence-electron chi connectivity index (χ3n) is 2.50. The average Bonchev–Trinajstić information content (AvgIpc) is 2.78. The van der Waals surface area contributed by atoms with Gasteiger partial charge in [0.25, 0.3) is 0 Å². The van der Waals surface area contributed by atoms with Gasteiger partial charge < -0.3 is 21.9 Å². The van der Waals surface area contributed by atoms with Gasteiger partial charge in [-0.2, -0.15) is 5.10 Å². The summed E-state index contributed by atoms with van der Waals surface area (Å²) in [5, 5.41) is 15.0. The zero-order valence-electron chi connectivity index (χ0n) is 9.55.